The zero-order valence-corrected chi connectivity index (χ0v) is 11.8. The SMILES string of the molecule is O=C(c1ccccc1)N1N=Cc2cccc3c2B1OCCO3. The zero-order valence-electron chi connectivity index (χ0n) is 11.8. The Labute approximate surface area is 128 Å². The predicted molar refractivity (Wildman–Crippen MR) is 83.5 cm³/mol. The Morgan fingerprint density at radius 1 is 1.09 bits per heavy atom. The molecule has 2 aliphatic rings. The van der Waals surface area contributed by atoms with E-state index in [2.05, 4.69) is 5.10 Å². The Hall–Kier alpha value is -2.60. The maximum absolute atomic E-state index is 12.7. The van der Waals surface area contributed by atoms with Crippen LogP contribution in [0.25, 0.3) is 0 Å². The van der Waals surface area contributed by atoms with Crippen LogP contribution in [0.15, 0.2) is 53.6 Å². The van der Waals surface area contributed by atoms with Crippen molar-refractivity contribution in [3.8, 4) is 5.75 Å². The summed E-state index contributed by atoms with van der Waals surface area (Å²) in [6.45, 7) is 0.868. The van der Waals surface area contributed by atoms with Crippen LogP contribution in [0, 0.1) is 0 Å². The maximum atomic E-state index is 12.7. The summed E-state index contributed by atoms with van der Waals surface area (Å²) >= 11 is 0. The number of carbonyl (C=O) groups is 1. The smallest absolute Gasteiger partial charge is 0.481 e. The molecule has 22 heavy (non-hydrogen) atoms. The third-order valence-electron chi connectivity index (χ3n) is 3.74. The molecular formula is C16H13BN2O3. The van der Waals surface area contributed by atoms with Gasteiger partial charge in [0.2, 0.25) is 0 Å². The van der Waals surface area contributed by atoms with Gasteiger partial charge in [0.05, 0.1) is 12.8 Å². The Kier molecular flexibility index (Phi) is 3.16. The molecule has 0 saturated heterocycles. The van der Waals surface area contributed by atoms with Crippen LogP contribution in [-0.2, 0) is 4.65 Å². The molecule has 0 fully saturated rings. The third kappa shape index (κ3) is 2.08. The van der Waals surface area contributed by atoms with Crippen molar-refractivity contribution >= 4 is 24.6 Å². The highest BCUT2D eigenvalue weighted by Gasteiger charge is 2.40. The fraction of sp³-hybridized carbons (Fsp3) is 0.125. The van der Waals surface area contributed by atoms with Crippen LogP contribution in [0.2, 0.25) is 0 Å². The van der Waals surface area contributed by atoms with Crippen molar-refractivity contribution in [1.82, 2.24) is 4.92 Å². The molecule has 1 amide bonds. The molecule has 2 aromatic rings. The lowest BCUT2D eigenvalue weighted by molar-refractivity contribution is 0.0833. The first-order valence-electron chi connectivity index (χ1n) is 7.14. The molecule has 2 heterocycles. The van der Waals surface area contributed by atoms with E-state index < -0.39 is 7.05 Å². The number of carbonyl (C=O) groups excluding carboxylic acids is 1. The maximum Gasteiger partial charge on any atom is 0.481 e. The highest BCUT2D eigenvalue weighted by atomic mass is 16.5. The Bertz CT molecular complexity index is 748. The van der Waals surface area contributed by atoms with E-state index in [9.17, 15) is 4.79 Å². The molecule has 0 N–H and O–H groups in total. The molecule has 5 nitrogen and oxygen atoms in total. The van der Waals surface area contributed by atoms with E-state index in [0.29, 0.717) is 18.8 Å². The molecule has 0 spiro atoms. The van der Waals surface area contributed by atoms with Gasteiger partial charge in [0.15, 0.2) is 0 Å². The molecule has 4 rings (SSSR count). The topological polar surface area (TPSA) is 51.1 Å². The highest BCUT2D eigenvalue weighted by Crippen LogP contribution is 2.21. The first kappa shape index (κ1) is 13.1. The van der Waals surface area contributed by atoms with Crippen LogP contribution in [0.5, 0.6) is 5.75 Å². The van der Waals surface area contributed by atoms with Gasteiger partial charge in [0, 0.05) is 11.0 Å². The average Bonchev–Trinajstić information content (AvgIpc) is 2.80. The van der Waals surface area contributed by atoms with Crippen molar-refractivity contribution in [3.63, 3.8) is 0 Å². The van der Waals surface area contributed by atoms with Crippen molar-refractivity contribution < 1.29 is 14.2 Å². The van der Waals surface area contributed by atoms with Crippen LogP contribution in [0.1, 0.15) is 15.9 Å². The van der Waals surface area contributed by atoms with E-state index in [-0.39, 0.29) is 5.91 Å². The van der Waals surface area contributed by atoms with E-state index in [0.717, 1.165) is 16.8 Å². The van der Waals surface area contributed by atoms with Gasteiger partial charge in [-0.15, -0.1) is 0 Å². The van der Waals surface area contributed by atoms with Gasteiger partial charge in [-0.2, -0.15) is 5.10 Å². The molecule has 0 aromatic heterocycles. The summed E-state index contributed by atoms with van der Waals surface area (Å²) in [6, 6.07) is 14.8. The summed E-state index contributed by atoms with van der Waals surface area (Å²) in [4.78, 5) is 14.1. The van der Waals surface area contributed by atoms with Crippen LogP contribution in [0.3, 0.4) is 0 Å². The van der Waals surface area contributed by atoms with Crippen LogP contribution in [0.4, 0.5) is 0 Å². The normalized spacial score (nSPS) is 15.8. The van der Waals surface area contributed by atoms with Gasteiger partial charge >= 0.3 is 7.05 Å². The summed E-state index contributed by atoms with van der Waals surface area (Å²) in [6.07, 6.45) is 1.67. The van der Waals surface area contributed by atoms with E-state index >= 15 is 0 Å². The van der Waals surface area contributed by atoms with E-state index in [1.54, 1.807) is 18.3 Å². The van der Waals surface area contributed by atoms with E-state index in [1.807, 2.05) is 36.4 Å². The Morgan fingerprint density at radius 3 is 2.82 bits per heavy atom. The zero-order chi connectivity index (χ0) is 14.9. The average molecular weight is 292 g/mol. The molecule has 0 atom stereocenters. The lowest BCUT2D eigenvalue weighted by atomic mass is 9.68. The number of hydrazone groups is 1. The molecule has 2 aliphatic heterocycles. The van der Waals surface area contributed by atoms with Crippen molar-refractivity contribution in [3.05, 3.63) is 59.7 Å². The lowest BCUT2D eigenvalue weighted by Crippen LogP contribution is -2.53. The van der Waals surface area contributed by atoms with Gasteiger partial charge in [0.1, 0.15) is 12.4 Å². The van der Waals surface area contributed by atoms with Crippen LogP contribution >= 0.6 is 0 Å². The second kappa shape index (κ2) is 5.31. The fourth-order valence-corrected chi connectivity index (χ4v) is 2.71. The molecular weight excluding hydrogens is 279 g/mol. The minimum atomic E-state index is -0.550. The second-order valence-electron chi connectivity index (χ2n) is 5.09. The monoisotopic (exact) mass is 292 g/mol. The molecule has 0 unspecified atom stereocenters. The van der Waals surface area contributed by atoms with Gasteiger partial charge < -0.3 is 9.39 Å². The van der Waals surface area contributed by atoms with Crippen molar-refractivity contribution in [2.75, 3.05) is 13.2 Å². The van der Waals surface area contributed by atoms with Crippen LogP contribution < -0.4 is 10.2 Å². The quantitative estimate of drug-likeness (QED) is 0.744. The number of hydrogen-bond donors (Lipinski definition) is 0. The standard InChI is InChI=1S/C16H13BN2O3/c20-16(12-5-2-1-3-6-12)19-17-15-13(11-18-19)7-4-8-14(15)21-9-10-22-17/h1-8,11H,9-10H2. The number of amides is 1. The van der Waals surface area contributed by atoms with Crippen molar-refractivity contribution in [2.24, 2.45) is 5.10 Å². The van der Waals surface area contributed by atoms with Gasteiger partial charge in [-0.3, -0.25) is 4.79 Å². The van der Waals surface area contributed by atoms with Gasteiger partial charge in [-0.25, -0.2) is 4.92 Å². The number of nitrogens with zero attached hydrogens (tertiary/aromatic N) is 2. The number of benzene rings is 2. The number of rotatable bonds is 1. The molecule has 0 aliphatic carbocycles. The lowest BCUT2D eigenvalue weighted by Gasteiger charge is -2.27. The summed E-state index contributed by atoms with van der Waals surface area (Å²) in [5.41, 5.74) is 2.36. The highest BCUT2D eigenvalue weighted by molar-refractivity contribution is 6.70. The molecule has 6 heteroatoms. The molecule has 108 valence electrons. The third-order valence-corrected chi connectivity index (χ3v) is 3.74. The minimum absolute atomic E-state index is 0.191. The largest absolute Gasteiger partial charge is 0.492 e. The van der Waals surface area contributed by atoms with Crippen molar-refractivity contribution in [1.29, 1.82) is 0 Å². The molecule has 0 radical (unpaired) electrons. The van der Waals surface area contributed by atoms with Gasteiger partial charge in [-0.1, -0.05) is 30.3 Å². The Morgan fingerprint density at radius 2 is 1.95 bits per heavy atom. The molecule has 0 bridgehead atoms. The van der Waals surface area contributed by atoms with Gasteiger partial charge in [0.25, 0.3) is 5.91 Å². The minimum Gasteiger partial charge on any atom is -0.492 e. The first-order chi connectivity index (χ1) is 10.8. The number of hydrogen-bond acceptors (Lipinski definition) is 4. The summed E-state index contributed by atoms with van der Waals surface area (Å²) in [7, 11) is -0.550. The number of ether oxygens (including phenoxy) is 1. The molecule has 0 saturated carbocycles. The second-order valence-corrected chi connectivity index (χ2v) is 5.09. The van der Waals surface area contributed by atoms with E-state index in [4.69, 9.17) is 9.39 Å². The fourth-order valence-electron chi connectivity index (χ4n) is 2.71. The first-order valence-corrected chi connectivity index (χ1v) is 7.14. The van der Waals surface area contributed by atoms with Crippen molar-refractivity contribution in [2.45, 2.75) is 0 Å². The van der Waals surface area contributed by atoms with Gasteiger partial charge in [-0.05, 0) is 23.8 Å². The summed E-state index contributed by atoms with van der Waals surface area (Å²) in [5.74, 6) is 0.557. The summed E-state index contributed by atoms with van der Waals surface area (Å²) in [5, 5.41) is 4.29. The van der Waals surface area contributed by atoms with E-state index in [1.165, 1.54) is 4.92 Å². The van der Waals surface area contributed by atoms with Crippen LogP contribution in [-0.4, -0.2) is 37.3 Å². The Balaban J connectivity index is 1.77. The summed E-state index contributed by atoms with van der Waals surface area (Å²) < 4.78 is 11.5. The molecule has 2 aromatic carbocycles. The predicted octanol–water partition coefficient (Wildman–Crippen LogP) is 1.28.